The van der Waals surface area contributed by atoms with Crippen LogP contribution in [0.2, 0.25) is 0 Å². The third kappa shape index (κ3) is 2.51. The van der Waals surface area contributed by atoms with Crippen LogP contribution in [-0.4, -0.2) is 11.4 Å². The average Bonchev–Trinajstić information content (AvgIpc) is 2.69. The molecule has 0 spiro atoms. The Hall–Kier alpha value is -2.30. The first-order chi connectivity index (χ1) is 8.72. The van der Waals surface area contributed by atoms with Crippen molar-refractivity contribution < 1.29 is 9.26 Å². The smallest absolute Gasteiger partial charge is 0.140 e. The number of benzene rings is 1. The molecule has 1 aromatic carbocycles. The second-order valence-electron chi connectivity index (χ2n) is 3.91. The first-order valence-corrected chi connectivity index (χ1v) is 5.59. The molecule has 2 rings (SSSR count). The molecule has 2 aromatic rings. The molecule has 0 atom stereocenters. The molecule has 2 N–H and O–H groups in total. The van der Waals surface area contributed by atoms with Crippen molar-refractivity contribution in [3.63, 3.8) is 0 Å². The molecular formula is C13H15N3O2. The van der Waals surface area contributed by atoms with Crippen LogP contribution in [0.15, 0.2) is 33.9 Å². The number of ether oxygens (including phenoxy) is 1. The van der Waals surface area contributed by atoms with E-state index in [1.165, 1.54) is 0 Å². The van der Waals surface area contributed by atoms with E-state index in [1.807, 2.05) is 38.1 Å². The molecule has 5 nitrogen and oxygen atoms in total. The molecule has 0 saturated carbocycles. The molecule has 0 bridgehead atoms. The number of hydrogen-bond acceptors (Lipinski definition) is 5. The Kier molecular flexibility index (Phi) is 3.62. The van der Waals surface area contributed by atoms with E-state index < -0.39 is 0 Å². The lowest BCUT2D eigenvalue weighted by atomic mass is 10.2. The molecule has 5 heteroatoms. The maximum Gasteiger partial charge on any atom is 0.140 e. The number of rotatable bonds is 4. The highest BCUT2D eigenvalue weighted by Crippen LogP contribution is 2.20. The van der Waals surface area contributed by atoms with Crippen LogP contribution in [0.25, 0.3) is 0 Å². The number of para-hydroxylation sites is 1. The van der Waals surface area contributed by atoms with Crippen molar-refractivity contribution in [2.75, 3.05) is 0 Å². The standard InChI is InChI=1S/C13H15N3O2/c1-9-12(10(2)18-16-9)8-17-13-6-4-3-5-11(13)7-15-14/h3-7H,8,14H2,1-2H3. The summed E-state index contributed by atoms with van der Waals surface area (Å²) in [4.78, 5) is 0. The molecule has 0 fully saturated rings. The predicted molar refractivity (Wildman–Crippen MR) is 68.5 cm³/mol. The third-order valence-electron chi connectivity index (χ3n) is 2.69. The zero-order valence-electron chi connectivity index (χ0n) is 10.4. The summed E-state index contributed by atoms with van der Waals surface area (Å²) in [5, 5.41) is 7.40. The molecule has 0 saturated heterocycles. The number of hydrazone groups is 1. The van der Waals surface area contributed by atoms with Gasteiger partial charge in [0.2, 0.25) is 0 Å². The highest BCUT2D eigenvalue weighted by atomic mass is 16.5. The van der Waals surface area contributed by atoms with Gasteiger partial charge < -0.3 is 15.1 Å². The minimum Gasteiger partial charge on any atom is -0.488 e. The second kappa shape index (κ2) is 5.35. The van der Waals surface area contributed by atoms with Crippen molar-refractivity contribution in [1.82, 2.24) is 5.16 Å². The van der Waals surface area contributed by atoms with Gasteiger partial charge in [-0.1, -0.05) is 17.3 Å². The Morgan fingerprint density at radius 1 is 1.39 bits per heavy atom. The van der Waals surface area contributed by atoms with Crippen molar-refractivity contribution in [3.05, 3.63) is 46.8 Å². The van der Waals surface area contributed by atoms with E-state index in [0.29, 0.717) is 6.61 Å². The SMILES string of the molecule is Cc1noc(C)c1COc1ccccc1C=NN. The Labute approximate surface area is 105 Å². The number of aryl methyl sites for hydroxylation is 2. The maximum absolute atomic E-state index is 5.75. The van der Waals surface area contributed by atoms with Crippen LogP contribution in [0.3, 0.4) is 0 Å². The molecular weight excluding hydrogens is 230 g/mol. The normalized spacial score (nSPS) is 11.0. The molecule has 0 aliphatic carbocycles. The van der Waals surface area contributed by atoms with Crippen LogP contribution < -0.4 is 10.6 Å². The number of hydrogen-bond donors (Lipinski definition) is 1. The fourth-order valence-electron chi connectivity index (χ4n) is 1.66. The lowest BCUT2D eigenvalue weighted by Crippen LogP contribution is -2.00. The highest BCUT2D eigenvalue weighted by Gasteiger charge is 2.10. The number of nitrogens with zero attached hydrogens (tertiary/aromatic N) is 2. The van der Waals surface area contributed by atoms with E-state index in [4.69, 9.17) is 15.1 Å². The third-order valence-corrected chi connectivity index (χ3v) is 2.69. The van der Waals surface area contributed by atoms with Gasteiger partial charge >= 0.3 is 0 Å². The zero-order valence-corrected chi connectivity index (χ0v) is 10.4. The van der Waals surface area contributed by atoms with Gasteiger partial charge in [0.25, 0.3) is 0 Å². The van der Waals surface area contributed by atoms with E-state index >= 15 is 0 Å². The van der Waals surface area contributed by atoms with E-state index in [0.717, 1.165) is 28.3 Å². The summed E-state index contributed by atoms with van der Waals surface area (Å²) in [6.07, 6.45) is 1.56. The van der Waals surface area contributed by atoms with E-state index in [9.17, 15) is 0 Å². The van der Waals surface area contributed by atoms with Gasteiger partial charge in [0, 0.05) is 5.56 Å². The van der Waals surface area contributed by atoms with Crippen LogP contribution >= 0.6 is 0 Å². The molecule has 0 aliphatic rings. The van der Waals surface area contributed by atoms with E-state index in [2.05, 4.69) is 10.3 Å². The summed E-state index contributed by atoms with van der Waals surface area (Å²) in [7, 11) is 0. The summed E-state index contributed by atoms with van der Waals surface area (Å²) in [6.45, 7) is 4.17. The van der Waals surface area contributed by atoms with E-state index in [-0.39, 0.29) is 0 Å². The van der Waals surface area contributed by atoms with Crippen LogP contribution in [0.4, 0.5) is 0 Å². The van der Waals surface area contributed by atoms with Crippen LogP contribution in [0.5, 0.6) is 5.75 Å². The summed E-state index contributed by atoms with van der Waals surface area (Å²) in [5.74, 6) is 6.66. The Morgan fingerprint density at radius 2 is 2.17 bits per heavy atom. The summed E-state index contributed by atoms with van der Waals surface area (Å²) in [5.41, 5.74) is 2.65. The number of nitrogens with two attached hydrogens (primary N) is 1. The fraction of sp³-hybridized carbons (Fsp3) is 0.231. The topological polar surface area (TPSA) is 73.6 Å². The van der Waals surface area contributed by atoms with Gasteiger partial charge in [-0.15, -0.1) is 0 Å². The van der Waals surface area contributed by atoms with Crippen LogP contribution in [-0.2, 0) is 6.61 Å². The molecule has 0 aliphatic heterocycles. The minimum absolute atomic E-state index is 0.413. The van der Waals surface area contributed by atoms with Gasteiger partial charge in [-0.25, -0.2) is 0 Å². The van der Waals surface area contributed by atoms with Crippen LogP contribution in [0, 0.1) is 13.8 Å². The van der Waals surface area contributed by atoms with Crippen molar-refractivity contribution in [2.45, 2.75) is 20.5 Å². The summed E-state index contributed by atoms with van der Waals surface area (Å²) < 4.78 is 10.8. The average molecular weight is 245 g/mol. The van der Waals surface area contributed by atoms with Gasteiger partial charge in [-0.2, -0.15) is 5.10 Å². The number of aromatic nitrogens is 1. The lowest BCUT2D eigenvalue weighted by Gasteiger charge is -2.08. The Morgan fingerprint density at radius 3 is 2.83 bits per heavy atom. The summed E-state index contributed by atoms with van der Waals surface area (Å²) >= 11 is 0. The molecule has 0 unspecified atom stereocenters. The Balaban J connectivity index is 2.16. The van der Waals surface area contributed by atoms with Crippen LogP contribution in [0.1, 0.15) is 22.6 Å². The van der Waals surface area contributed by atoms with Gasteiger partial charge in [0.15, 0.2) is 0 Å². The van der Waals surface area contributed by atoms with Crippen molar-refractivity contribution in [2.24, 2.45) is 10.9 Å². The second-order valence-corrected chi connectivity index (χ2v) is 3.91. The summed E-state index contributed by atoms with van der Waals surface area (Å²) in [6, 6.07) is 7.56. The quantitative estimate of drug-likeness (QED) is 0.509. The van der Waals surface area contributed by atoms with Crippen molar-refractivity contribution in [1.29, 1.82) is 0 Å². The van der Waals surface area contributed by atoms with Crippen molar-refractivity contribution in [3.8, 4) is 5.75 Å². The fourth-order valence-corrected chi connectivity index (χ4v) is 1.66. The highest BCUT2D eigenvalue weighted by molar-refractivity contribution is 5.83. The van der Waals surface area contributed by atoms with Gasteiger partial charge in [-0.3, -0.25) is 0 Å². The van der Waals surface area contributed by atoms with Gasteiger partial charge in [-0.05, 0) is 26.0 Å². The molecule has 1 aromatic heterocycles. The van der Waals surface area contributed by atoms with E-state index in [1.54, 1.807) is 6.21 Å². The largest absolute Gasteiger partial charge is 0.488 e. The van der Waals surface area contributed by atoms with Crippen molar-refractivity contribution >= 4 is 6.21 Å². The molecule has 94 valence electrons. The molecule has 18 heavy (non-hydrogen) atoms. The van der Waals surface area contributed by atoms with Gasteiger partial charge in [0.1, 0.15) is 18.1 Å². The monoisotopic (exact) mass is 245 g/mol. The predicted octanol–water partition coefficient (Wildman–Crippen LogP) is 2.16. The molecule has 0 amide bonds. The molecule has 1 heterocycles. The van der Waals surface area contributed by atoms with Gasteiger partial charge in [0.05, 0.1) is 17.5 Å². The first kappa shape index (κ1) is 12.2. The minimum atomic E-state index is 0.413. The first-order valence-electron chi connectivity index (χ1n) is 5.59. The zero-order chi connectivity index (χ0) is 13.0. The maximum atomic E-state index is 5.75. The lowest BCUT2D eigenvalue weighted by molar-refractivity contribution is 0.301. The Bertz CT molecular complexity index is 542. The molecule has 0 radical (unpaired) electrons.